The van der Waals surface area contributed by atoms with Crippen LogP contribution in [0.15, 0.2) is 24.3 Å². The standard InChI is InChI=1S/C16H23F3N2/c1-2-10-21-11-6-5-9-14(20)15(21)12-7-3-4-8-13(12)16(17,18)19/h3-4,7-8,14-15H,2,5-6,9-11,20H2,1H3. The summed E-state index contributed by atoms with van der Waals surface area (Å²) in [7, 11) is 0. The van der Waals surface area contributed by atoms with Gasteiger partial charge in [0.2, 0.25) is 0 Å². The van der Waals surface area contributed by atoms with Crippen LogP contribution in [0.4, 0.5) is 13.2 Å². The summed E-state index contributed by atoms with van der Waals surface area (Å²) < 4.78 is 39.9. The van der Waals surface area contributed by atoms with E-state index in [2.05, 4.69) is 4.90 Å². The first-order valence-corrected chi connectivity index (χ1v) is 7.61. The van der Waals surface area contributed by atoms with Crippen LogP contribution in [-0.2, 0) is 6.18 Å². The molecule has 0 radical (unpaired) electrons. The second-order valence-corrected chi connectivity index (χ2v) is 5.73. The number of hydrogen-bond acceptors (Lipinski definition) is 2. The van der Waals surface area contributed by atoms with Crippen LogP contribution in [0.5, 0.6) is 0 Å². The molecule has 118 valence electrons. The molecular formula is C16H23F3N2. The third-order valence-electron chi connectivity index (χ3n) is 4.13. The Bertz CT molecular complexity index is 459. The molecule has 2 rings (SSSR count). The maximum absolute atomic E-state index is 13.3. The third kappa shape index (κ3) is 3.77. The summed E-state index contributed by atoms with van der Waals surface area (Å²) in [5.74, 6) is 0. The van der Waals surface area contributed by atoms with Crippen molar-refractivity contribution in [2.45, 2.75) is 50.9 Å². The first-order chi connectivity index (χ1) is 9.95. The van der Waals surface area contributed by atoms with Gasteiger partial charge in [-0.3, -0.25) is 4.90 Å². The molecule has 5 heteroatoms. The van der Waals surface area contributed by atoms with Crippen molar-refractivity contribution >= 4 is 0 Å². The number of likely N-dealkylation sites (tertiary alicyclic amines) is 1. The molecule has 1 aromatic carbocycles. The van der Waals surface area contributed by atoms with E-state index < -0.39 is 11.7 Å². The van der Waals surface area contributed by atoms with E-state index in [9.17, 15) is 13.2 Å². The summed E-state index contributed by atoms with van der Waals surface area (Å²) in [6, 6.07) is 5.27. The number of hydrogen-bond donors (Lipinski definition) is 1. The van der Waals surface area contributed by atoms with Gasteiger partial charge in [-0.15, -0.1) is 0 Å². The Morgan fingerprint density at radius 1 is 1.24 bits per heavy atom. The number of benzene rings is 1. The molecule has 0 saturated carbocycles. The van der Waals surface area contributed by atoms with E-state index >= 15 is 0 Å². The van der Waals surface area contributed by atoms with Crippen LogP contribution in [0.1, 0.15) is 49.8 Å². The fourth-order valence-electron chi connectivity index (χ4n) is 3.24. The van der Waals surface area contributed by atoms with Gasteiger partial charge in [-0.25, -0.2) is 0 Å². The van der Waals surface area contributed by atoms with Crippen LogP contribution in [-0.4, -0.2) is 24.0 Å². The Morgan fingerprint density at radius 3 is 2.62 bits per heavy atom. The SMILES string of the molecule is CCCN1CCCCC(N)C1c1ccccc1C(F)(F)F. The van der Waals surface area contributed by atoms with Crippen molar-refractivity contribution < 1.29 is 13.2 Å². The lowest BCUT2D eigenvalue weighted by atomic mass is 9.92. The monoisotopic (exact) mass is 300 g/mol. The molecule has 1 aromatic rings. The molecule has 2 N–H and O–H groups in total. The quantitative estimate of drug-likeness (QED) is 0.915. The van der Waals surface area contributed by atoms with E-state index in [1.54, 1.807) is 12.1 Å². The van der Waals surface area contributed by atoms with Crippen molar-refractivity contribution in [3.63, 3.8) is 0 Å². The summed E-state index contributed by atoms with van der Waals surface area (Å²) in [4.78, 5) is 2.13. The van der Waals surface area contributed by atoms with Crippen molar-refractivity contribution in [1.29, 1.82) is 0 Å². The van der Waals surface area contributed by atoms with Gasteiger partial charge in [0.1, 0.15) is 0 Å². The highest BCUT2D eigenvalue weighted by Gasteiger charge is 2.38. The minimum Gasteiger partial charge on any atom is -0.326 e. The zero-order chi connectivity index (χ0) is 15.5. The number of halogens is 3. The van der Waals surface area contributed by atoms with Gasteiger partial charge in [0.25, 0.3) is 0 Å². The van der Waals surface area contributed by atoms with E-state index in [1.807, 2.05) is 6.92 Å². The van der Waals surface area contributed by atoms with Gasteiger partial charge in [0.15, 0.2) is 0 Å². The van der Waals surface area contributed by atoms with Crippen molar-refractivity contribution in [3.8, 4) is 0 Å². The molecule has 1 aliphatic heterocycles. The largest absolute Gasteiger partial charge is 0.416 e. The molecule has 0 aliphatic carbocycles. The first-order valence-electron chi connectivity index (χ1n) is 7.61. The highest BCUT2D eigenvalue weighted by molar-refractivity contribution is 5.33. The Balaban J connectivity index is 2.44. The van der Waals surface area contributed by atoms with Gasteiger partial charge in [-0.05, 0) is 44.0 Å². The Morgan fingerprint density at radius 2 is 1.95 bits per heavy atom. The van der Waals surface area contributed by atoms with Crippen molar-refractivity contribution in [1.82, 2.24) is 4.90 Å². The zero-order valence-corrected chi connectivity index (χ0v) is 12.4. The Labute approximate surface area is 124 Å². The van der Waals surface area contributed by atoms with Gasteiger partial charge in [0, 0.05) is 6.04 Å². The van der Waals surface area contributed by atoms with E-state index in [4.69, 9.17) is 5.73 Å². The maximum atomic E-state index is 13.3. The average molecular weight is 300 g/mol. The summed E-state index contributed by atoms with van der Waals surface area (Å²) >= 11 is 0. The fourth-order valence-corrected chi connectivity index (χ4v) is 3.24. The molecule has 0 amide bonds. The van der Waals surface area contributed by atoms with Crippen molar-refractivity contribution in [2.75, 3.05) is 13.1 Å². The molecule has 2 atom stereocenters. The molecule has 0 spiro atoms. The average Bonchev–Trinajstić information content (AvgIpc) is 2.60. The molecule has 1 fully saturated rings. The molecule has 1 heterocycles. The van der Waals surface area contributed by atoms with Gasteiger partial charge in [0.05, 0.1) is 11.6 Å². The summed E-state index contributed by atoms with van der Waals surface area (Å²) in [6.45, 7) is 3.64. The van der Waals surface area contributed by atoms with Crippen LogP contribution in [0, 0.1) is 0 Å². The van der Waals surface area contributed by atoms with Crippen LogP contribution < -0.4 is 5.73 Å². The van der Waals surface area contributed by atoms with Crippen molar-refractivity contribution in [2.24, 2.45) is 5.73 Å². The molecule has 0 aromatic heterocycles. The molecule has 1 saturated heterocycles. The summed E-state index contributed by atoms with van der Waals surface area (Å²) in [5.41, 5.74) is 6.01. The number of rotatable bonds is 3. The highest BCUT2D eigenvalue weighted by atomic mass is 19.4. The minimum absolute atomic E-state index is 0.248. The second-order valence-electron chi connectivity index (χ2n) is 5.73. The molecular weight excluding hydrogens is 277 g/mol. The maximum Gasteiger partial charge on any atom is 0.416 e. The summed E-state index contributed by atoms with van der Waals surface area (Å²) in [5, 5.41) is 0. The molecule has 0 bridgehead atoms. The first kappa shape index (κ1) is 16.3. The highest BCUT2D eigenvalue weighted by Crippen LogP contribution is 2.38. The van der Waals surface area contributed by atoms with E-state index in [0.717, 1.165) is 44.8 Å². The minimum atomic E-state index is -4.33. The third-order valence-corrected chi connectivity index (χ3v) is 4.13. The number of nitrogens with zero attached hydrogens (tertiary/aromatic N) is 1. The van der Waals surface area contributed by atoms with Gasteiger partial charge < -0.3 is 5.73 Å². The molecule has 1 aliphatic rings. The van der Waals surface area contributed by atoms with Crippen LogP contribution in [0.2, 0.25) is 0 Å². The predicted molar refractivity (Wildman–Crippen MR) is 77.9 cm³/mol. The lowest BCUT2D eigenvalue weighted by Gasteiger charge is -2.35. The molecule has 21 heavy (non-hydrogen) atoms. The topological polar surface area (TPSA) is 29.3 Å². The van der Waals surface area contributed by atoms with E-state index in [-0.39, 0.29) is 12.1 Å². The smallest absolute Gasteiger partial charge is 0.326 e. The molecule has 2 unspecified atom stereocenters. The van der Waals surface area contributed by atoms with Crippen molar-refractivity contribution in [3.05, 3.63) is 35.4 Å². The zero-order valence-electron chi connectivity index (χ0n) is 12.4. The Hall–Kier alpha value is -1.07. The Kier molecular flexibility index (Phi) is 5.27. The lowest BCUT2D eigenvalue weighted by Crippen LogP contribution is -2.41. The van der Waals surface area contributed by atoms with E-state index in [0.29, 0.717) is 5.56 Å². The van der Waals surface area contributed by atoms with Crippen LogP contribution in [0.25, 0.3) is 0 Å². The second kappa shape index (κ2) is 6.79. The summed E-state index contributed by atoms with van der Waals surface area (Å²) in [6.07, 6.45) is -0.667. The number of nitrogens with two attached hydrogens (primary N) is 1. The van der Waals surface area contributed by atoms with E-state index in [1.165, 1.54) is 6.07 Å². The van der Waals surface area contributed by atoms with Crippen LogP contribution >= 0.6 is 0 Å². The number of alkyl halides is 3. The molecule has 2 nitrogen and oxygen atoms in total. The normalized spacial score (nSPS) is 24.8. The predicted octanol–water partition coefficient (Wildman–Crippen LogP) is 3.97. The lowest BCUT2D eigenvalue weighted by molar-refractivity contribution is -0.138. The fraction of sp³-hybridized carbons (Fsp3) is 0.625. The van der Waals surface area contributed by atoms with Gasteiger partial charge in [-0.2, -0.15) is 13.2 Å². The van der Waals surface area contributed by atoms with Gasteiger partial charge >= 0.3 is 6.18 Å². The van der Waals surface area contributed by atoms with Gasteiger partial charge in [-0.1, -0.05) is 31.5 Å². The van der Waals surface area contributed by atoms with Crippen LogP contribution in [0.3, 0.4) is 0 Å².